The first-order valence-electron chi connectivity index (χ1n) is 13.1. The molecule has 2 N–H and O–H groups in total. The van der Waals surface area contributed by atoms with Gasteiger partial charge in [0.05, 0.1) is 6.61 Å². The quantitative estimate of drug-likeness (QED) is 0.529. The summed E-state index contributed by atoms with van der Waals surface area (Å²) in [4.78, 5) is 54.5. The number of hydrogen-bond donors (Lipinski definition) is 2. The molecule has 1 saturated carbocycles. The van der Waals surface area contributed by atoms with Gasteiger partial charge in [0.2, 0.25) is 11.8 Å². The number of rotatable bonds is 6. The van der Waals surface area contributed by atoms with Gasteiger partial charge in [0.25, 0.3) is 0 Å². The zero-order valence-electron chi connectivity index (χ0n) is 23.8. The minimum absolute atomic E-state index is 0.0838. The highest BCUT2D eigenvalue weighted by Crippen LogP contribution is 2.43. The highest BCUT2D eigenvalue weighted by Gasteiger charge is 2.52. The topological polar surface area (TPSA) is 114 Å². The van der Waals surface area contributed by atoms with Crippen LogP contribution >= 0.6 is 0 Å². The SMILES string of the molecule is CCOC(=O)C1[C@H]2CCC[C@H]2CN1C(=O)[C@@H](NC(=O)[C@@H](NC(=O)OC(C)(C)C)C(C)(C)C)C(C)(C)C. The van der Waals surface area contributed by atoms with Gasteiger partial charge in [-0.05, 0) is 63.2 Å². The molecular weight excluding hydrogens is 462 g/mol. The number of amides is 3. The van der Waals surface area contributed by atoms with Crippen molar-refractivity contribution < 1.29 is 28.7 Å². The summed E-state index contributed by atoms with van der Waals surface area (Å²) < 4.78 is 10.7. The molecule has 9 nitrogen and oxygen atoms in total. The van der Waals surface area contributed by atoms with E-state index in [1.165, 1.54) is 0 Å². The molecule has 9 heteroatoms. The number of hydrogen-bond acceptors (Lipinski definition) is 6. The van der Waals surface area contributed by atoms with Gasteiger partial charge < -0.3 is 25.0 Å². The van der Waals surface area contributed by atoms with E-state index in [-0.39, 0.29) is 30.3 Å². The Balaban J connectivity index is 2.30. The highest BCUT2D eigenvalue weighted by atomic mass is 16.6. The second-order valence-corrected chi connectivity index (χ2v) is 13.3. The molecular formula is C27H47N3O6. The van der Waals surface area contributed by atoms with Crippen LogP contribution in [0, 0.1) is 22.7 Å². The number of nitrogens with one attached hydrogen (secondary N) is 2. The van der Waals surface area contributed by atoms with Crippen LogP contribution in [0.3, 0.4) is 0 Å². The van der Waals surface area contributed by atoms with Crippen LogP contribution in [0.1, 0.15) is 88.5 Å². The Labute approximate surface area is 216 Å². The largest absolute Gasteiger partial charge is 0.464 e. The molecule has 2 rings (SSSR count). The van der Waals surface area contributed by atoms with E-state index in [1.54, 1.807) is 32.6 Å². The van der Waals surface area contributed by atoms with E-state index in [0.29, 0.717) is 6.54 Å². The first-order valence-corrected chi connectivity index (χ1v) is 13.1. The number of ether oxygens (including phenoxy) is 2. The third-order valence-electron chi connectivity index (χ3n) is 6.89. The van der Waals surface area contributed by atoms with Crippen molar-refractivity contribution in [3.05, 3.63) is 0 Å². The minimum Gasteiger partial charge on any atom is -0.464 e. The minimum atomic E-state index is -0.941. The molecule has 1 aliphatic heterocycles. The second kappa shape index (κ2) is 11.0. The predicted octanol–water partition coefficient (Wildman–Crippen LogP) is 3.65. The summed E-state index contributed by atoms with van der Waals surface area (Å²) >= 11 is 0. The van der Waals surface area contributed by atoms with Crippen molar-refractivity contribution in [3.8, 4) is 0 Å². The Hall–Kier alpha value is -2.32. The number of carbonyl (C=O) groups excluding carboxylic acids is 4. The molecule has 0 aromatic heterocycles. The van der Waals surface area contributed by atoms with Crippen LogP contribution in [0.5, 0.6) is 0 Å². The fourth-order valence-corrected chi connectivity index (χ4v) is 5.20. The maximum atomic E-state index is 14.0. The average molecular weight is 510 g/mol. The summed E-state index contributed by atoms with van der Waals surface area (Å²) in [6, 6.07) is -2.47. The molecule has 5 atom stereocenters. The Morgan fingerprint density at radius 3 is 1.97 bits per heavy atom. The normalized spacial score (nSPS) is 23.9. The molecule has 1 unspecified atom stereocenters. The second-order valence-electron chi connectivity index (χ2n) is 13.3. The van der Waals surface area contributed by atoms with Crippen molar-refractivity contribution in [1.29, 1.82) is 0 Å². The molecule has 1 heterocycles. The Kier molecular flexibility index (Phi) is 9.11. The maximum absolute atomic E-state index is 14.0. The van der Waals surface area contributed by atoms with E-state index in [1.807, 2.05) is 41.5 Å². The van der Waals surface area contributed by atoms with Gasteiger partial charge in [0.15, 0.2) is 0 Å². The van der Waals surface area contributed by atoms with Crippen LogP contribution in [-0.2, 0) is 23.9 Å². The maximum Gasteiger partial charge on any atom is 0.408 e. The first kappa shape index (κ1) is 29.9. The summed E-state index contributed by atoms with van der Waals surface area (Å²) in [5.74, 6) is -0.809. The lowest BCUT2D eigenvalue weighted by molar-refractivity contribution is -0.156. The summed E-state index contributed by atoms with van der Waals surface area (Å²) in [5.41, 5.74) is -2.01. The standard InChI is InChI=1S/C27H47N3O6/c1-11-35-23(33)18-17-14-12-13-16(17)15-30(18)22(32)20(26(5,6)7)28-21(31)19(25(2,3)4)29-24(34)36-27(8,9)10/h16-20H,11-15H2,1-10H3,(H,28,31)(H,29,34)/t16-,17-,18?,19+,20+/m0/s1. The van der Waals surface area contributed by atoms with Gasteiger partial charge in [-0.25, -0.2) is 9.59 Å². The molecule has 3 amide bonds. The monoisotopic (exact) mass is 509 g/mol. The lowest BCUT2D eigenvalue weighted by atomic mass is 9.83. The van der Waals surface area contributed by atoms with Gasteiger partial charge in [-0.15, -0.1) is 0 Å². The number of nitrogens with zero attached hydrogens (tertiary/aromatic N) is 1. The zero-order valence-corrected chi connectivity index (χ0v) is 23.8. The van der Waals surface area contributed by atoms with Crippen molar-refractivity contribution in [2.75, 3.05) is 13.2 Å². The van der Waals surface area contributed by atoms with E-state index in [2.05, 4.69) is 10.6 Å². The van der Waals surface area contributed by atoms with Crippen molar-refractivity contribution in [2.45, 2.75) is 112 Å². The molecule has 0 aromatic rings. The van der Waals surface area contributed by atoms with E-state index >= 15 is 0 Å². The van der Waals surface area contributed by atoms with Gasteiger partial charge in [-0.1, -0.05) is 48.0 Å². The van der Waals surface area contributed by atoms with Crippen LogP contribution in [0.25, 0.3) is 0 Å². The van der Waals surface area contributed by atoms with Gasteiger partial charge in [0.1, 0.15) is 23.7 Å². The fourth-order valence-electron chi connectivity index (χ4n) is 5.20. The van der Waals surface area contributed by atoms with E-state index in [0.717, 1.165) is 19.3 Å². The molecule has 2 aliphatic rings. The third kappa shape index (κ3) is 7.35. The number of likely N-dealkylation sites (tertiary alicyclic amines) is 1. The molecule has 0 spiro atoms. The zero-order chi connectivity index (χ0) is 27.6. The van der Waals surface area contributed by atoms with Crippen LogP contribution in [-0.4, -0.2) is 65.7 Å². The molecule has 0 bridgehead atoms. The number of esters is 1. The molecule has 206 valence electrons. The van der Waals surface area contributed by atoms with Crippen molar-refractivity contribution in [3.63, 3.8) is 0 Å². The third-order valence-corrected chi connectivity index (χ3v) is 6.89. The summed E-state index contributed by atoms with van der Waals surface area (Å²) in [6.45, 7) is 18.9. The Bertz CT molecular complexity index is 836. The summed E-state index contributed by atoms with van der Waals surface area (Å²) in [6.07, 6.45) is 2.20. The van der Waals surface area contributed by atoms with Crippen LogP contribution in [0.4, 0.5) is 4.79 Å². The molecule has 1 aliphatic carbocycles. The van der Waals surface area contributed by atoms with Gasteiger partial charge in [-0.3, -0.25) is 9.59 Å². The Morgan fingerprint density at radius 1 is 0.889 bits per heavy atom. The van der Waals surface area contributed by atoms with Crippen LogP contribution in [0.2, 0.25) is 0 Å². The summed E-state index contributed by atoms with van der Waals surface area (Å²) in [5, 5.41) is 5.60. The van der Waals surface area contributed by atoms with Crippen LogP contribution in [0.15, 0.2) is 0 Å². The molecule has 2 fully saturated rings. The van der Waals surface area contributed by atoms with E-state index in [9.17, 15) is 19.2 Å². The predicted molar refractivity (Wildman–Crippen MR) is 137 cm³/mol. The van der Waals surface area contributed by atoms with E-state index in [4.69, 9.17) is 9.47 Å². The smallest absolute Gasteiger partial charge is 0.408 e. The van der Waals surface area contributed by atoms with Gasteiger partial charge in [-0.2, -0.15) is 0 Å². The molecule has 0 aromatic carbocycles. The van der Waals surface area contributed by atoms with Crippen LogP contribution < -0.4 is 10.6 Å². The van der Waals surface area contributed by atoms with Crippen molar-refractivity contribution in [1.82, 2.24) is 15.5 Å². The average Bonchev–Trinajstić information content (AvgIpc) is 3.27. The fraction of sp³-hybridized carbons (Fsp3) is 0.852. The first-order chi connectivity index (χ1) is 16.4. The summed E-state index contributed by atoms with van der Waals surface area (Å²) in [7, 11) is 0. The van der Waals surface area contributed by atoms with Gasteiger partial charge in [0, 0.05) is 6.54 Å². The number of fused-ring (bicyclic) bond motifs is 1. The van der Waals surface area contributed by atoms with Crippen molar-refractivity contribution >= 4 is 23.9 Å². The van der Waals surface area contributed by atoms with Crippen molar-refractivity contribution in [2.24, 2.45) is 22.7 Å². The van der Waals surface area contributed by atoms with E-state index < -0.39 is 46.6 Å². The molecule has 36 heavy (non-hydrogen) atoms. The highest BCUT2D eigenvalue weighted by molar-refractivity contribution is 5.94. The lowest BCUT2D eigenvalue weighted by Gasteiger charge is -2.38. The number of alkyl carbamates (subject to hydrolysis) is 1. The number of carbonyl (C=O) groups is 4. The molecule has 0 radical (unpaired) electrons. The lowest BCUT2D eigenvalue weighted by Crippen LogP contribution is -2.62. The van der Waals surface area contributed by atoms with Gasteiger partial charge >= 0.3 is 12.1 Å². The molecule has 1 saturated heterocycles. The Morgan fingerprint density at radius 2 is 1.47 bits per heavy atom.